The molecule has 0 saturated heterocycles. The molecule has 2 aromatic heterocycles. The summed E-state index contributed by atoms with van der Waals surface area (Å²) in [5.74, 6) is 0.437. The van der Waals surface area contributed by atoms with E-state index in [-0.39, 0.29) is 12.0 Å². The molecule has 0 saturated carbocycles. The number of hydrogen-bond donors (Lipinski definition) is 1. The van der Waals surface area contributed by atoms with Crippen molar-refractivity contribution in [2.24, 2.45) is 0 Å². The van der Waals surface area contributed by atoms with Crippen LogP contribution in [0.1, 0.15) is 43.6 Å². The Balaban J connectivity index is 1.54. The number of thioether (sulfide) groups is 1. The van der Waals surface area contributed by atoms with Gasteiger partial charge >= 0.3 is 0 Å². The zero-order valence-electron chi connectivity index (χ0n) is 14.8. The van der Waals surface area contributed by atoms with Crippen molar-refractivity contribution in [3.8, 4) is 0 Å². The number of thiophene rings is 1. The topological polar surface area (TPSA) is 64.1 Å². The molecule has 0 aromatic carbocycles. The largest absolute Gasteiger partial charge is 0.379 e. The highest BCUT2D eigenvalue weighted by Gasteiger charge is 2.20. The summed E-state index contributed by atoms with van der Waals surface area (Å²) >= 11 is 3.31. The Bertz CT molecular complexity index is 730. The number of nitrogens with zero attached hydrogens (tertiary/aromatic N) is 2. The Hall–Kier alpha value is -1.18. The van der Waals surface area contributed by atoms with Gasteiger partial charge in [-0.2, -0.15) is 0 Å². The fourth-order valence-electron chi connectivity index (χ4n) is 2.97. The van der Waals surface area contributed by atoms with Crippen molar-refractivity contribution in [1.29, 1.82) is 0 Å². The van der Waals surface area contributed by atoms with E-state index in [4.69, 9.17) is 4.74 Å². The summed E-state index contributed by atoms with van der Waals surface area (Å²) in [5.41, 5.74) is 1.42. The number of carbonyl (C=O) groups is 1. The molecule has 1 amide bonds. The molecule has 2 aromatic rings. The van der Waals surface area contributed by atoms with Gasteiger partial charge in [0.05, 0.1) is 11.9 Å². The standard InChI is InChI=1S/C18H25N3O2S2/c1-12(2)23-9-5-8-19-15(22)10-24-17-16-13-6-3-4-7-14(13)25-18(16)21-11-20-17/h11-12H,3-10H2,1-2H3,(H,19,22). The smallest absolute Gasteiger partial charge is 0.230 e. The number of carbonyl (C=O) groups excluding carboxylic acids is 1. The van der Waals surface area contributed by atoms with Crippen LogP contribution >= 0.6 is 23.1 Å². The van der Waals surface area contributed by atoms with Crippen LogP contribution < -0.4 is 5.32 Å². The summed E-state index contributed by atoms with van der Waals surface area (Å²) in [6.45, 7) is 5.36. The molecule has 0 fully saturated rings. The Labute approximate surface area is 157 Å². The molecule has 1 aliphatic carbocycles. The number of nitrogens with one attached hydrogen (secondary N) is 1. The fourth-order valence-corrected chi connectivity index (χ4v) is 5.12. The minimum absolute atomic E-state index is 0.0467. The highest BCUT2D eigenvalue weighted by atomic mass is 32.2. The number of ether oxygens (including phenoxy) is 1. The first-order chi connectivity index (χ1) is 12.1. The van der Waals surface area contributed by atoms with Gasteiger partial charge in [-0.3, -0.25) is 4.79 Å². The van der Waals surface area contributed by atoms with Gasteiger partial charge in [-0.1, -0.05) is 11.8 Å². The third-order valence-corrected chi connectivity index (χ3v) is 6.34. The lowest BCUT2D eigenvalue weighted by atomic mass is 9.97. The van der Waals surface area contributed by atoms with Crippen LogP contribution in [0.4, 0.5) is 0 Å². The minimum atomic E-state index is 0.0467. The van der Waals surface area contributed by atoms with E-state index in [9.17, 15) is 4.79 Å². The second kappa shape index (κ2) is 8.96. The molecule has 1 aliphatic rings. The maximum Gasteiger partial charge on any atom is 0.230 e. The van der Waals surface area contributed by atoms with Crippen molar-refractivity contribution in [1.82, 2.24) is 15.3 Å². The van der Waals surface area contributed by atoms with Gasteiger partial charge in [0.25, 0.3) is 0 Å². The fraction of sp³-hybridized carbons (Fsp3) is 0.611. The average Bonchev–Trinajstić information content (AvgIpc) is 2.98. The molecular weight excluding hydrogens is 354 g/mol. The lowest BCUT2D eigenvalue weighted by Gasteiger charge is -2.11. The van der Waals surface area contributed by atoms with Gasteiger partial charge in [-0.25, -0.2) is 9.97 Å². The van der Waals surface area contributed by atoms with Crippen molar-refractivity contribution in [3.05, 3.63) is 16.8 Å². The number of aryl methyl sites for hydroxylation is 2. The first-order valence-electron chi connectivity index (χ1n) is 8.91. The van der Waals surface area contributed by atoms with Crippen LogP contribution in [0.5, 0.6) is 0 Å². The Morgan fingerprint density at radius 2 is 2.20 bits per heavy atom. The summed E-state index contributed by atoms with van der Waals surface area (Å²) in [7, 11) is 0. The molecule has 3 rings (SSSR count). The summed E-state index contributed by atoms with van der Waals surface area (Å²) in [5, 5.41) is 5.08. The van der Waals surface area contributed by atoms with E-state index in [1.807, 2.05) is 13.8 Å². The molecule has 0 unspecified atom stereocenters. The van der Waals surface area contributed by atoms with Crippen LogP contribution in [0.3, 0.4) is 0 Å². The Kier molecular flexibility index (Phi) is 6.67. The Morgan fingerprint density at radius 1 is 1.36 bits per heavy atom. The van der Waals surface area contributed by atoms with Gasteiger partial charge in [0.1, 0.15) is 16.2 Å². The Morgan fingerprint density at radius 3 is 3.04 bits per heavy atom. The molecular formula is C18H25N3O2S2. The van der Waals surface area contributed by atoms with E-state index in [0.29, 0.717) is 18.9 Å². The monoisotopic (exact) mass is 379 g/mol. The molecule has 0 aliphatic heterocycles. The summed E-state index contributed by atoms with van der Waals surface area (Å²) in [6.07, 6.45) is 7.45. The van der Waals surface area contributed by atoms with E-state index >= 15 is 0 Å². The van der Waals surface area contributed by atoms with Crippen molar-refractivity contribution in [3.63, 3.8) is 0 Å². The predicted molar refractivity (Wildman–Crippen MR) is 103 cm³/mol. The van der Waals surface area contributed by atoms with E-state index in [1.165, 1.54) is 40.4 Å². The molecule has 5 nitrogen and oxygen atoms in total. The molecule has 0 radical (unpaired) electrons. The second-order valence-corrected chi connectivity index (χ2v) is 8.53. The first-order valence-corrected chi connectivity index (χ1v) is 10.7. The molecule has 0 bridgehead atoms. The van der Waals surface area contributed by atoms with E-state index in [0.717, 1.165) is 29.1 Å². The zero-order chi connectivity index (χ0) is 17.6. The van der Waals surface area contributed by atoms with Gasteiger partial charge in [-0.05, 0) is 51.5 Å². The lowest BCUT2D eigenvalue weighted by Crippen LogP contribution is -2.27. The van der Waals surface area contributed by atoms with Crippen molar-refractivity contribution in [2.75, 3.05) is 18.9 Å². The van der Waals surface area contributed by atoms with Crippen LogP contribution in [0, 0.1) is 0 Å². The van der Waals surface area contributed by atoms with Crippen LogP contribution in [-0.2, 0) is 22.4 Å². The number of amides is 1. The quantitative estimate of drug-likeness (QED) is 0.431. The molecule has 0 atom stereocenters. The van der Waals surface area contributed by atoms with Gasteiger partial charge in [0, 0.05) is 23.4 Å². The second-order valence-electron chi connectivity index (χ2n) is 6.48. The summed E-state index contributed by atoms with van der Waals surface area (Å²) in [4.78, 5) is 23.5. The van der Waals surface area contributed by atoms with E-state index < -0.39 is 0 Å². The SMILES string of the molecule is CC(C)OCCCNC(=O)CSc1ncnc2sc3c(c12)CCCC3. The first kappa shape index (κ1) is 18.6. The van der Waals surface area contributed by atoms with Gasteiger partial charge in [-0.15, -0.1) is 11.3 Å². The van der Waals surface area contributed by atoms with Gasteiger partial charge in [0.2, 0.25) is 5.91 Å². The summed E-state index contributed by atoms with van der Waals surface area (Å²) in [6, 6.07) is 0. The van der Waals surface area contributed by atoms with Crippen molar-refractivity contribution >= 4 is 39.2 Å². The number of hydrogen-bond acceptors (Lipinski definition) is 6. The maximum absolute atomic E-state index is 12.1. The van der Waals surface area contributed by atoms with Crippen LogP contribution in [0.15, 0.2) is 11.4 Å². The van der Waals surface area contributed by atoms with Crippen LogP contribution in [0.2, 0.25) is 0 Å². The zero-order valence-corrected chi connectivity index (χ0v) is 16.5. The predicted octanol–water partition coefficient (Wildman–Crippen LogP) is 3.59. The minimum Gasteiger partial charge on any atom is -0.379 e. The van der Waals surface area contributed by atoms with Crippen LogP contribution in [-0.4, -0.2) is 40.9 Å². The van der Waals surface area contributed by atoms with Gasteiger partial charge < -0.3 is 10.1 Å². The van der Waals surface area contributed by atoms with E-state index in [2.05, 4.69) is 15.3 Å². The third kappa shape index (κ3) is 4.92. The van der Waals surface area contributed by atoms with Crippen molar-refractivity contribution < 1.29 is 9.53 Å². The molecule has 136 valence electrons. The molecule has 25 heavy (non-hydrogen) atoms. The van der Waals surface area contributed by atoms with Crippen molar-refractivity contribution in [2.45, 2.75) is 57.1 Å². The summed E-state index contributed by atoms with van der Waals surface area (Å²) < 4.78 is 5.47. The number of rotatable bonds is 8. The maximum atomic E-state index is 12.1. The highest BCUT2D eigenvalue weighted by molar-refractivity contribution is 8.00. The van der Waals surface area contributed by atoms with Crippen LogP contribution in [0.25, 0.3) is 10.2 Å². The lowest BCUT2D eigenvalue weighted by molar-refractivity contribution is -0.118. The normalized spacial score (nSPS) is 14.0. The molecule has 2 heterocycles. The number of fused-ring (bicyclic) bond motifs is 3. The van der Waals surface area contributed by atoms with E-state index in [1.54, 1.807) is 17.7 Å². The highest BCUT2D eigenvalue weighted by Crippen LogP contribution is 2.39. The number of aromatic nitrogens is 2. The molecule has 0 spiro atoms. The molecule has 1 N–H and O–H groups in total. The third-order valence-electron chi connectivity index (χ3n) is 4.15. The molecule has 7 heteroatoms. The average molecular weight is 380 g/mol. The van der Waals surface area contributed by atoms with Gasteiger partial charge in [0.15, 0.2) is 0 Å².